The number of hydrogen-bond acceptors (Lipinski definition) is 4. The zero-order chi connectivity index (χ0) is 13.7. The molecule has 3 nitrogen and oxygen atoms in total. The number of aryl methyl sites for hydroxylation is 1. The molecule has 2 heterocycles. The van der Waals surface area contributed by atoms with E-state index in [0.717, 1.165) is 6.42 Å². The molecule has 1 aliphatic heterocycles. The molecule has 0 aromatic carbocycles. The van der Waals surface area contributed by atoms with Crippen molar-refractivity contribution in [3.63, 3.8) is 0 Å². The van der Waals surface area contributed by atoms with E-state index >= 15 is 0 Å². The summed E-state index contributed by atoms with van der Waals surface area (Å²) in [6.45, 7) is 10.4. The van der Waals surface area contributed by atoms with Crippen LogP contribution in [0.3, 0.4) is 0 Å². The Hall–Kier alpha value is -0.450. The molecule has 2 atom stereocenters. The third-order valence-electron chi connectivity index (χ3n) is 4.04. The first-order chi connectivity index (χ1) is 9.22. The number of nitrogens with zero attached hydrogens (tertiary/aromatic N) is 2. The van der Waals surface area contributed by atoms with Gasteiger partial charge in [0, 0.05) is 17.1 Å². The van der Waals surface area contributed by atoms with E-state index in [1.807, 2.05) is 17.5 Å². The molecule has 0 aliphatic carbocycles. The molecular weight excluding hydrogens is 254 g/mol. The van der Waals surface area contributed by atoms with Crippen molar-refractivity contribution in [3.05, 3.63) is 16.1 Å². The van der Waals surface area contributed by atoms with Crippen LogP contribution >= 0.6 is 11.3 Å². The lowest BCUT2D eigenvalue weighted by Gasteiger charge is -2.21. The quantitative estimate of drug-likeness (QED) is 0.898. The number of nitrogens with one attached hydrogen (secondary N) is 1. The number of aromatic nitrogens is 1. The lowest BCUT2D eigenvalue weighted by molar-refractivity contribution is 0.295. The van der Waals surface area contributed by atoms with Gasteiger partial charge in [0.15, 0.2) is 0 Å². The molecule has 0 spiro atoms. The Labute approximate surface area is 121 Å². The second kappa shape index (κ2) is 7.36. The first-order valence-electron chi connectivity index (χ1n) is 7.66. The van der Waals surface area contributed by atoms with Gasteiger partial charge in [0.25, 0.3) is 0 Å². The predicted octanol–water partition coefficient (Wildman–Crippen LogP) is 3.23. The van der Waals surface area contributed by atoms with Crippen LogP contribution in [0.15, 0.2) is 6.20 Å². The molecule has 0 bridgehead atoms. The largest absolute Gasteiger partial charge is 0.305 e. The third kappa shape index (κ3) is 4.26. The van der Waals surface area contributed by atoms with Gasteiger partial charge in [0.2, 0.25) is 0 Å². The second-order valence-electron chi connectivity index (χ2n) is 5.47. The number of hydrogen-bond donors (Lipinski definition) is 1. The van der Waals surface area contributed by atoms with Gasteiger partial charge < -0.3 is 10.2 Å². The zero-order valence-corrected chi connectivity index (χ0v) is 13.3. The van der Waals surface area contributed by atoms with Crippen LogP contribution in [0.25, 0.3) is 0 Å². The van der Waals surface area contributed by atoms with Crippen molar-refractivity contribution in [2.45, 2.75) is 58.5 Å². The van der Waals surface area contributed by atoms with Gasteiger partial charge in [-0.05, 0) is 52.2 Å². The van der Waals surface area contributed by atoms with Gasteiger partial charge in [-0.15, -0.1) is 11.3 Å². The molecule has 108 valence electrons. The number of rotatable bonds is 5. The minimum absolute atomic E-state index is 0.392. The lowest BCUT2D eigenvalue weighted by Crippen LogP contribution is -2.32. The molecule has 1 N–H and O–H groups in total. The SMILES string of the molecule is CCc1cnc(C(C)NC2CCCN(CC)CC2)s1. The molecule has 1 fully saturated rings. The van der Waals surface area contributed by atoms with Crippen molar-refractivity contribution in [1.82, 2.24) is 15.2 Å². The molecular formula is C15H27N3S. The maximum Gasteiger partial charge on any atom is 0.109 e. The van der Waals surface area contributed by atoms with Gasteiger partial charge in [-0.25, -0.2) is 4.98 Å². The fourth-order valence-corrected chi connectivity index (χ4v) is 3.62. The van der Waals surface area contributed by atoms with Crippen LogP contribution in [0.4, 0.5) is 0 Å². The zero-order valence-electron chi connectivity index (χ0n) is 12.5. The summed E-state index contributed by atoms with van der Waals surface area (Å²) < 4.78 is 0. The van der Waals surface area contributed by atoms with Gasteiger partial charge in [0.1, 0.15) is 5.01 Å². The Balaban J connectivity index is 1.86. The normalized spacial score (nSPS) is 23.2. The first kappa shape index (κ1) is 14.9. The minimum Gasteiger partial charge on any atom is -0.305 e. The highest BCUT2D eigenvalue weighted by molar-refractivity contribution is 7.11. The van der Waals surface area contributed by atoms with Gasteiger partial charge in [-0.2, -0.15) is 0 Å². The fraction of sp³-hybridized carbons (Fsp3) is 0.800. The fourth-order valence-electron chi connectivity index (χ4n) is 2.75. The molecule has 1 aromatic rings. The predicted molar refractivity (Wildman–Crippen MR) is 82.8 cm³/mol. The Morgan fingerprint density at radius 3 is 2.95 bits per heavy atom. The molecule has 4 heteroatoms. The number of thiazole rings is 1. The molecule has 0 saturated carbocycles. The smallest absolute Gasteiger partial charge is 0.109 e. The van der Waals surface area contributed by atoms with Crippen molar-refractivity contribution in [3.8, 4) is 0 Å². The van der Waals surface area contributed by atoms with Gasteiger partial charge in [-0.1, -0.05) is 13.8 Å². The van der Waals surface area contributed by atoms with Crippen LogP contribution < -0.4 is 5.32 Å². The summed E-state index contributed by atoms with van der Waals surface area (Å²) in [6, 6.07) is 1.05. The highest BCUT2D eigenvalue weighted by Gasteiger charge is 2.19. The van der Waals surface area contributed by atoms with Crippen LogP contribution in [0.2, 0.25) is 0 Å². The van der Waals surface area contributed by atoms with Crippen molar-refractivity contribution >= 4 is 11.3 Å². The minimum atomic E-state index is 0.392. The summed E-state index contributed by atoms with van der Waals surface area (Å²) >= 11 is 1.86. The summed E-state index contributed by atoms with van der Waals surface area (Å²) in [5, 5.41) is 5.02. The Bertz CT molecular complexity index is 377. The first-order valence-corrected chi connectivity index (χ1v) is 8.47. The maximum atomic E-state index is 4.55. The molecule has 1 aromatic heterocycles. The maximum absolute atomic E-state index is 4.55. The third-order valence-corrected chi connectivity index (χ3v) is 5.37. The van der Waals surface area contributed by atoms with Crippen LogP contribution in [-0.4, -0.2) is 35.6 Å². The van der Waals surface area contributed by atoms with Gasteiger partial charge in [-0.3, -0.25) is 0 Å². The molecule has 1 aliphatic rings. The molecule has 0 radical (unpaired) electrons. The van der Waals surface area contributed by atoms with Crippen LogP contribution in [0.5, 0.6) is 0 Å². The number of likely N-dealkylation sites (tertiary alicyclic amines) is 1. The van der Waals surface area contributed by atoms with E-state index in [-0.39, 0.29) is 0 Å². The Morgan fingerprint density at radius 2 is 2.26 bits per heavy atom. The Kier molecular flexibility index (Phi) is 5.79. The van der Waals surface area contributed by atoms with E-state index in [4.69, 9.17) is 0 Å². The summed E-state index contributed by atoms with van der Waals surface area (Å²) in [5.74, 6) is 0. The van der Waals surface area contributed by atoms with Crippen LogP contribution in [-0.2, 0) is 6.42 Å². The molecule has 2 rings (SSSR count). The summed E-state index contributed by atoms with van der Waals surface area (Å²) in [5.41, 5.74) is 0. The van der Waals surface area contributed by atoms with Crippen LogP contribution in [0.1, 0.15) is 56.0 Å². The van der Waals surface area contributed by atoms with E-state index in [1.165, 1.54) is 48.8 Å². The second-order valence-corrected chi connectivity index (χ2v) is 6.62. The van der Waals surface area contributed by atoms with E-state index < -0.39 is 0 Å². The monoisotopic (exact) mass is 281 g/mol. The molecule has 1 saturated heterocycles. The van der Waals surface area contributed by atoms with Crippen LogP contribution in [0, 0.1) is 0 Å². The van der Waals surface area contributed by atoms with Crippen molar-refractivity contribution in [2.75, 3.05) is 19.6 Å². The van der Waals surface area contributed by atoms with Gasteiger partial charge >= 0.3 is 0 Å². The van der Waals surface area contributed by atoms with Crippen molar-refractivity contribution in [1.29, 1.82) is 0 Å². The Morgan fingerprint density at radius 1 is 1.42 bits per heavy atom. The molecule has 19 heavy (non-hydrogen) atoms. The highest BCUT2D eigenvalue weighted by Crippen LogP contribution is 2.22. The summed E-state index contributed by atoms with van der Waals surface area (Å²) in [6.07, 6.45) is 7.01. The van der Waals surface area contributed by atoms with E-state index in [0.29, 0.717) is 12.1 Å². The van der Waals surface area contributed by atoms with E-state index in [9.17, 15) is 0 Å². The average Bonchev–Trinajstić information content (AvgIpc) is 2.80. The standard InChI is InChI=1S/C15H27N3S/c1-4-14-11-16-15(19-14)12(3)17-13-7-6-9-18(5-2)10-8-13/h11-13,17H,4-10H2,1-3H3. The molecule has 0 amide bonds. The highest BCUT2D eigenvalue weighted by atomic mass is 32.1. The van der Waals surface area contributed by atoms with Crippen molar-refractivity contribution < 1.29 is 0 Å². The topological polar surface area (TPSA) is 28.2 Å². The summed E-state index contributed by atoms with van der Waals surface area (Å²) in [4.78, 5) is 8.50. The van der Waals surface area contributed by atoms with Crippen molar-refractivity contribution in [2.24, 2.45) is 0 Å². The molecule has 2 unspecified atom stereocenters. The average molecular weight is 281 g/mol. The van der Waals surface area contributed by atoms with E-state index in [1.54, 1.807) is 0 Å². The lowest BCUT2D eigenvalue weighted by atomic mass is 10.1. The van der Waals surface area contributed by atoms with Gasteiger partial charge in [0.05, 0.1) is 6.04 Å². The van der Waals surface area contributed by atoms with E-state index in [2.05, 4.69) is 36.0 Å². The summed E-state index contributed by atoms with van der Waals surface area (Å²) in [7, 11) is 0.